The van der Waals surface area contributed by atoms with E-state index in [4.69, 9.17) is 10.2 Å². The topological polar surface area (TPSA) is 40.5 Å². The van der Waals surface area contributed by atoms with Gasteiger partial charge in [-0.05, 0) is 13.8 Å². The lowest BCUT2D eigenvalue weighted by molar-refractivity contribution is 0.244. The van der Waals surface area contributed by atoms with E-state index in [2.05, 4.69) is 6.58 Å². The molecule has 0 rings (SSSR count). The van der Waals surface area contributed by atoms with Crippen LogP contribution in [-0.2, 0) is 0 Å². The van der Waals surface area contributed by atoms with Crippen LogP contribution in [0.5, 0.6) is 0 Å². The highest BCUT2D eigenvalue weighted by Crippen LogP contribution is 1.73. The fourth-order valence-electron chi connectivity index (χ4n) is 0.105. The Morgan fingerprint density at radius 2 is 2.00 bits per heavy atom. The van der Waals surface area contributed by atoms with E-state index in [1.165, 1.54) is 6.08 Å². The van der Waals surface area contributed by atoms with Crippen LogP contribution in [0.15, 0.2) is 24.8 Å². The molecule has 0 aromatic heterocycles. The summed E-state index contributed by atoms with van der Waals surface area (Å²) in [5.41, 5.74) is 0. The Kier molecular flexibility index (Phi) is 13.6. The van der Waals surface area contributed by atoms with Gasteiger partial charge in [0.15, 0.2) is 0 Å². The lowest BCUT2D eigenvalue weighted by Crippen LogP contribution is -1.88. The van der Waals surface area contributed by atoms with Crippen LogP contribution in [0.1, 0.15) is 13.8 Å². The van der Waals surface area contributed by atoms with Gasteiger partial charge < -0.3 is 10.2 Å². The third-order valence-electron chi connectivity index (χ3n) is 0.682. The summed E-state index contributed by atoms with van der Waals surface area (Å²) >= 11 is 0. The summed E-state index contributed by atoms with van der Waals surface area (Å²) in [7, 11) is 0. The molecular weight excluding hydrogens is 128 g/mol. The van der Waals surface area contributed by atoms with Gasteiger partial charge in [-0.2, -0.15) is 0 Å². The third kappa shape index (κ3) is 26.2. The lowest BCUT2D eigenvalue weighted by Gasteiger charge is -1.84. The minimum atomic E-state index is -0.352. The average molecular weight is 144 g/mol. The van der Waals surface area contributed by atoms with Gasteiger partial charge >= 0.3 is 0 Å². The molecular formula is C8H16O2. The quantitative estimate of drug-likeness (QED) is 0.570. The van der Waals surface area contributed by atoms with Gasteiger partial charge in [0.2, 0.25) is 0 Å². The normalized spacial score (nSPS) is 12.0. The minimum Gasteiger partial charge on any atom is -0.392 e. The zero-order valence-electron chi connectivity index (χ0n) is 6.62. The van der Waals surface area contributed by atoms with Crippen LogP contribution >= 0.6 is 0 Å². The third-order valence-corrected chi connectivity index (χ3v) is 0.682. The van der Waals surface area contributed by atoms with Crippen molar-refractivity contribution in [1.82, 2.24) is 0 Å². The molecule has 0 aliphatic rings. The van der Waals surface area contributed by atoms with E-state index in [1.807, 2.05) is 6.92 Å². The van der Waals surface area contributed by atoms with E-state index in [0.29, 0.717) is 0 Å². The van der Waals surface area contributed by atoms with Crippen molar-refractivity contribution in [2.45, 2.75) is 20.0 Å². The van der Waals surface area contributed by atoms with Crippen LogP contribution in [0.25, 0.3) is 0 Å². The highest BCUT2D eigenvalue weighted by Gasteiger charge is 1.75. The molecule has 0 aromatic carbocycles. The molecule has 10 heavy (non-hydrogen) atoms. The monoisotopic (exact) mass is 144 g/mol. The fourth-order valence-corrected chi connectivity index (χ4v) is 0.105. The van der Waals surface area contributed by atoms with Crippen molar-refractivity contribution < 1.29 is 10.2 Å². The molecule has 2 N–H and O–H groups in total. The molecule has 0 radical (unpaired) electrons. The second kappa shape index (κ2) is 11.2. The SMILES string of the molecule is C=CC(C)O.CC=CCO. The maximum absolute atomic E-state index is 8.24. The summed E-state index contributed by atoms with van der Waals surface area (Å²) in [6, 6.07) is 0. The van der Waals surface area contributed by atoms with Gasteiger partial charge in [-0.1, -0.05) is 18.2 Å². The standard InChI is InChI=1S/2C4H8O/c1-3-4(2)5;1-2-3-4-5/h3-5H,1H2,2H3;2-3,5H,4H2,1H3. The first-order valence-corrected chi connectivity index (χ1v) is 3.21. The Balaban J connectivity index is 0. The molecule has 0 heterocycles. The molecule has 0 aromatic rings. The van der Waals surface area contributed by atoms with Crippen molar-refractivity contribution in [3.8, 4) is 0 Å². The molecule has 0 saturated heterocycles. The molecule has 0 bridgehead atoms. The van der Waals surface area contributed by atoms with Gasteiger partial charge in [0, 0.05) is 0 Å². The molecule has 60 valence electrons. The van der Waals surface area contributed by atoms with E-state index in [9.17, 15) is 0 Å². The van der Waals surface area contributed by atoms with E-state index in [0.717, 1.165) is 0 Å². The summed E-state index contributed by atoms with van der Waals surface area (Å²) in [5, 5.41) is 16.2. The summed E-state index contributed by atoms with van der Waals surface area (Å²) in [5.74, 6) is 0. The fraction of sp³-hybridized carbons (Fsp3) is 0.500. The number of rotatable bonds is 2. The van der Waals surface area contributed by atoms with Crippen LogP contribution < -0.4 is 0 Å². The van der Waals surface area contributed by atoms with E-state index < -0.39 is 0 Å². The van der Waals surface area contributed by atoms with Crippen molar-refractivity contribution >= 4 is 0 Å². The summed E-state index contributed by atoms with van der Waals surface area (Å²) < 4.78 is 0. The first-order valence-electron chi connectivity index (χ1n) is 3.21. The Morgan fingerprint density at radius 1 is 1.60 bits per heavy atom. The molecule has 0 aliphatic carbocycles. The highest BCUT2D eigenvalue weighted by molar-refractivity contribution is 4.74. The molecule has 0 saturated carbocycles. The summed E-state index contributed by atoms with van der Waals surface area (Å²) in [6.07, 6.45) is 4.61. The predicted molar refractivity (Wildman–Crippen MR) is 43.8 cm³/mol. The van der Waals surface area contributed by atoms with Gasteiger partial charge in [-0.25, -0.2) is 0 Å². The second-order valence-electron chi connectivity index (χ2n) is 1.73. The van der Waals surface area contributed by atoms with Crippen LogP contribution in [-0.4, -0.2) is 22.9 Å². The molecule has 0 amide bonds. The average Bonchev–Trinajstić information content (AvgIpc) is 1.91. The van der Waals surface area contributed by atoms with Crippen LogP contribution in [0.3, 0.4) is 0 Å². The number of allylic oxidation sites excluding steroid dienone is 1. The molecule has 0 spiro atoms. The Morgan fingerprint density at radius 3 is 2.00 bits per heavy atom. The number of aliphatic hydroxyl groups is 2. The van der Waals surface area contributed by atoms with Crippen LogP contribution in [0.2, 0.25) is 0 Å². The Labute approximate surface area is 62.5 Å². The Bertz CT molecular complexity index is 85.3. The summed E-state index contributed by atoms with van der Waals surface area (Å²) in [6.45, 7) is 7.00. The second-order valence-corrected chi connectivity index (χ2v) is 1.73. The molecule has 2 nitrogen and oxygen atoms in total. The number of hydrogen-bond acceptors (Lipinski definition) is 2. The first-order chi connectivity index (χ1) is 4.68. The highest BCUT2D eigenvalue weighted by atomic mass is 16.3. The van der Waals surface area contributed by atoms with Gasteiger partial charge in [-0.15, -0.1) is 6.58 Å². The first kappa shape index (κ1) is 12.1. The largest absolute Gasteiger partial charge is 0.392 e. The van der Waals surface area contributed by atoms with Gasteiger partial charge in [0.25, 0.3) is 0 Å². The van der Waals surface area contributed by atoms with Crippen molar-refractivity contribution in [2.75, 3.05) is 6.61 Å². The zero-order valence-corrected chi connectivity index (χ0v) is 6.62. The molecule has 2 heteroatoms. The molecule has 1 atom stereocenters. The summed E-state index contributed by atoms with van der Waals surface area (Å²) in [4.78, 5) is 0. The van der Waals surface area contributed by atoms with Gasteiger partial charge in [0.1, 0.15) is 0 Å². The molecule has 0 fully saturated rings. The predicted octanol–water partition coefficient (Wildman–Crippen LogP) is 1.11. The maximum atomic E-state index is 8.24. The van der Waals surface area contributed by atoms with Crippen LogP contribution in [0.4, 0.5) is 0 Å². The van der Waals surface area contributed by atoms with E-state index >= 15 is 0 Å². The van der Waals surface area contributed by atoms with Crippen molar-refractivity contribution in [2.24, 2.45) is 0 Å². The number of aliphatic hydroxyl groups excluding tert-OH is 2. The molecule has 0 aliphatic heterocycles. The van der Waals surface area contributed by atoms with E-state index in [-0.39, 0.29) is 12.7 Å². The van der Waals surface area contributed by atoms with Crippen molar-refractivity contribution in [3.63, 3.8) is 0 Å². The molecule has 1 unspecified atom stereocenters. The minimum absolute atomic E-state index is 0.163. The van der Waals surface area contributed by atoms with E-state index in [1.54, 1.807) is 19.1 Å². The van der Waals surface area contributed by atoms with Crippen molar-refractivity contribution in [1.29, 1.82) is 0 Å². The van der Waals surface area contributed by atoms with Crippen LogP contribution in [0, 0.1) is 0 Å². The lowest BCUT2D eigenvalue weighted by atomic mass is 10.4. The van der Waals surface area contributed by atoms with Crippen molar-refractivity contribution in [3.05, 3.63) is 24.8 Å². The maximum Gasteiger partial charge on any atom is 0.0690 e. The van der Waals surface area contributed by atoms with Gasteiger partial charge in [-0.3, -0.25) is 0 Å². The smallest absolute Gasteiger partial charge is 0.0690 e. The van der Waals surface area contributed by atoms with Gasteiger partial charge in [0.05, 0.1) is 12.7 Å². The zero-order chi connectivity index (χ0) is 8.41. The number of hydrogen-bond donors (Lipinski definition) is 2. The Hall–Kier alpha value is -0.600.